The van der Waals surface area contributed by atoms with Crippen molar-refractivity contribution >= 4 is 18.2 Å². The lowest BCUT2D eigenvalue weighted by Gasteiger charge is -2.22. The molecule has 78 valence electrons. The van der Waals surface area contributed by atoms with Gasteiger partial charge in [-0.25, -0.2) is 4.98 Å². The van der Waals surface area contributed by atoms with Crippen LogP contribution < -0.4 is 11.1 Å². The highest BCUT2D eigenvalue weighted by Gasteiger charge is 2.15. The van der Waals surface area contributed by atoms with Crippen LogP contribution in [0.15, 0.2) is 18.2 Å². The number of nitrogens with zero attached hydrogens (tertiary/aromatic N) is 1. The van der Waals surface area contributed by atoms with Gasteiger partial charge in [0.05, 0.1) is 0 Å². The van der Waals surface area contributed by atoms with Crippen molar-refractivity contribution in [1.82, 2.24) is 10.3 Å². The summed E-state index contributed by atoms with van der Waals surface area (Å²) in [5, 5.41) is 3.34. The minimum Gasteiger partial charge on any atom is -0.384 e. The second kappa shape index (κ2) is 5.17. The monoisotopic (exact) mass is 213 g/mol. The zero-order valence-corrected chi connectivity index (χ0v) is 8.89. The number of nitrogen functional groups attached to an aromatic ring is 1. The fraction of sp³-hybridized carbons (Fsp3) is 0.500. The fourth-order valence-electron chi connectivity index (χ4n) is 1.81. The molecular formula is C10H16ClN3. The number of rotatable bonds is 1. The van der Waals surface area contributed by atoms with Crippen LogP contribution in [0.5, 0.6) is 0 Å². The van der Waals surface area contributed by atoms with E-state index in [1.54, 1.807) is 0 Å². The van der Waals surface area contributed by atoms with E-state index in [-0.39, 0.29) is 12.4 Å². The molecule has 0 amide bonds. The molecule has 1 aliphatic rings. The summed E-state index contributed by atoms with van der Waals surface area (Å²) in [5.41, 5.74) is 6.79. The summed E-state index contributed by atoms with van der Waals surface area (Å²) in [4.78, 5) is 4.35. The van der Waals surface area contributed by atoms with Crippen LogP contribution in [0.25, 0.3) is 0 Å². The van der Waals surface area contributed by atoms with Crippen molar-refractivity contribution in [2.24, 2.45) is 0 Å². The highest BCUT2D eigenvalue weighted by molar-refractivity contribution is 5.85. The molecule has 14 heavy (non-hydrogen) atoms. The lowest BCUT2D eigenvalue weighted by atomic mass is 9.94. The molecule has 0 aromatic carbocycles. The topological polar surface area (TPSA) is 50.9 Å². The van der Waals surface area contributed by atoms with Crippen molar-refractivity contribution in [2.75, 3.05) is 18.8 Å². The molecule has 0 spiro atoms. The standard InChI is InChI=1S/C10H15N3.ClH/c11-10-3-1-2-9(13-10)8-4-6-12-7-5-8;/h1-3,8,12H,4-7H2,(H2,11,13);1H. The van der Waals surface area contributed by atoms with E-state index in [1.165, 1.54) is 12.8 Å². The van der Waals surface area contributed by atoms with Crippen LogP contribution in [-0.4, -0.2) is 18.1 Å². The smallest absolute Gasteiger partial charge is 0.123 e. The van der Waals surface area contributed by atoms with Crippen molar-refractivity contribution < 1.29 is 0 Å². The number of piperidine rings is 1. The fourth-order valence-corrected chi connectivity index (χ4v) is 1.81. The molecule has 3 N–H and O–H groups in total. The van der Waals surface area contributed by atoms with Gasteiger partial charge in [0, 0.05) is 11.6 Å². The Morgan fingerprint density at radius 2 is 2.00 bits per heavy atom. The lowest BCUT2D eigenvalue weighted by molar-refractivity contribution is 0.453. The maximum absolute atomic E-state index is 5.64. The van der Waals surface area contributed by atoms with E-state index in [9.17, 15) is 0 Å². The van der Waals surface area contributed by atoms with Crippen LogP contribution in [0.4, 0.5) is 5.82 Å². The molecule has 0 unspecified atom stereocenters. The molecule has 1 aromatic rings. The number of halogens is 1. The molecule has 0 bridgehead atoms. The van der Waals surface area contributed by atoms with Crippen LogP contribution in [0, 0.1) is 0 Å². The van der Waals surface area contributed by atoms with E-state index >= 15 is 0 Å². The molecular weight excluding hydrogens is 198 g/mol. The maximum Gasteiger partial charge on any atom is 0.123 e. The predicted octanol–water partition coefficient (Wildman–Crippen LogP) is 1.55. The summed E-state index contributed by atoms with van der Waals surface area (Å²) in [6.45, 7) is 2.20. The van der Waals surface area contributed by atoms with Crippen molar-refractivity contribution in [2.45, 2.75) is 18.8 Å². The Morgan fingerprint density at radius 1 is 1.29 bits per heavy atom. The molecule has 1 aromatic heterocycles. The zero-order chi connectivity index (χ0) is 9.10. The normalized spacial score (nSPS) is 17.4. The Kier molecular flexibility index (Phi) is 4.17. The summed E-state index contributed by atoms with van der Waals surface area (Å²) in [7, 11) is 0. The molecule has 1 aliphatic heterocycles. The summed E-state index contributed by atoms with van der Waals surface area (Å²) in [6.07, 6.45) is 2.35. The summed E-state index contributed by atoms with van der Waals surface area (Å²) < 4.78 is 0. The number of anilines is 1. The van der Waals surface area contributed by atoms with Gasteiger partial charge in [-0.15, -0.1) is 12.4 Å². The SMILES string of the molecule is Cl.Nc1cccc(C2CCNCC2)n1. The van der Waals surface area contributed by atoms with E-state index in [2.05, 4.69) is 16.4 Å². The molecule has 4 heteroatoms. The predicted molar refractivity (Wildman–Crippen MR) is 60.7 cm³/mol. The Balaban J connectivity index is 0.000000980. The van der Waals surface area contributed by atoms with Gasteiger partial charge in [0.25, 0.3) is 0 Å². The number of nitrogens with one attached hydrogen (secondary N) is 1. The van der Waals surface area contributed by atoms with E-state index < -0.39 is 0 Å². The van der Waals surface area contributed by atoms with Gasteiger partial charge < -0.3 is 11.1 Å². The minimum atomic E-state index is 0. The molecule has 3 nitrogen and oxygen atoms in total. The number of nitrogens with two attached hydrogens (primary N) is 1. The van der Waals surface area contributed by atoms with Gasteiger partial charge in [-0.1, -0.05) is 6.07 Å². The molecule has 2 rings (SSSR count). The van der Waals surface area contributed by atoms with Gasteiger partial charge in [-0.3, -0.25) is 0 Å². The number of aromatic nitrogens is 1. The van der Waals surface area contributed by atoms with Gasteiger partial charge in [0.1, 0.15) is 5.82 Å². The van der Waals surface area contributed by atoms with Gasteiger partial charge in [-0.2, -0.15) is 0 Å². The Hall–Kier alpha value is -0.800. The number of hydrogen-bond donors (Lipinski definition) is 2. The third-order valence-corrected chi connectivity index (χ3v) is 2.55. The van der Waals surface area contributed by atoms with E-state index in [0.717, 1.165) is 18.8 Å². The molecule has 0 atom stereocenters. The van der Waals surface area contributed by atoms with Crippen molar-refractivity contribution in [1.29, 1.82) is 0 Å². The second-order valence-electron chi connectivity index (χ2n) is 3.51. The van der Waals surface area contributed by atoms with Crippen LogP contribution in [-0.2, 0) is 0 Å². The molecule has 0 aliphatic carbocycles. The Bertz CT molecular complexity index is 284. The first-order chi connectivity index (χ1) is 6.36. The largest absolute Gasteiger partial charge is 0.384 e. The molecule has 2 heterocycles. The van der Waals surface area contributed by atoms with Crippen LogP contribution >= 0.6 is 12.4 Å². The average Bonchev–Trinajstić information content (AvgIpc) is 2.19. The van der Waals surface area contributed by atoms with Crippen LogP contribution in [0.3, 0.4) is 0 Å². The van der Waals surface area contributed by atoms with Crippen molar-refractivity contribution in [3.8, 4) is 0 Å². The van der Waals surface area contributed by atoms with Crippen molar-refractivity contribution in [3.63, 3.8) is 0 Å². The third-order valence-electron chi connectivity index (χ3n) is 2.55. The summed E-state index contributed by atoms with van der Waals surface area (Å²) >= 11 is 0. The lowest BCUT2D eigenvalue weighted by Crippen LogP contribution is -2.27. The van der Waals surface area contributed by atoms with Crippen LogP contribution in [0.1, 0.15) is 24.5 Å². The quantitative estimate of drug-likeness (QED) is 0.745. The molecule has 1 fully saturated rings. The van der Waals surface area contributed by atoms with Gasteiger partial charge in [0.2, 0.25) is 0 Å². The van der Waals surface area contributed by atoms with Gasteiger partial charge in [-0.05, 0) is 38.1 Å². The first kappa shape index (κ1) is 11.3. The molecule has 0 radical (unpaired) electrons. The van der Waals surface area contributed by atoms with Crippen LogP contribution in [0.2, 0.25) is 0 Å². The third kappa shape index (κ3) is 2.59. The number of hydrogen-bond acceptors (Lipinski definition) is 3. The average molecular weight is 214 g/mol. The highest BCUT2D eigenvalue weighted by atomic mass is 35.5. The zero-order valence-electron chi connectivity index (χ0n) is 8.07. The first-order valence-electron chi connectivity index (χ1n) is 4.79. The Labute approximate surface area is 90.5 Å². The molecule has 0 saturated carbocycles. The van der Waals surface area contributed by atoms with Crippen molar-refractivity contribution in [3.05, 3.63) is 23.9 Å². The molecule has 1 saturated heterocycles. The van der Waals surface area contributed by atoms with Gasteiger partial charge in [0.15, 0.2) is 0 Å². The minimum absolute atomic E-state index is 0. The first-order valence-corrected chi connectivity index (χ1v) is 4.79. The van der Waals surface area contributed by atoms with E-state index in [0.29, 0.717) is 11.7 Å². The van der Waals surface area contributed by atoms with E-state index in [1.807, 2.05) is 12.1 Å². The second-order valence-corrected chi connectivity index (χ2v) is 3.51. The van der Waals surface area contributed by atoms with E-state index in [4.69, 9.17) is 5.73 Å². The Morgan fingerprint density at radius 3 is 2.64 bits per heavy atom. The highest BCUT2D eigenvalue weighted by Crippen LogP contribution is 2.23. The summed E-state index contributed by atoms with van der Waals surface area (Å²) in [5.74, 6) is 1.24. The maximum atomic E-state index is 5.64. The number of pyridine rings is 1. The van der Waals surface area contributed by atoms with Gasteiger partial charge >= 0.3 is 0 Å². The summed E-state index contributed by atoms with van der Waals surface area (Å²) in [6, 6.07) is 5.90.